The van der Waals surface area contributed by atoms with Crippen molar-refractivity contribution in [1.29, 1.82) is 5.26 Å². The van der Waals surface area contributed by atoms with E-state index in [0.717, 1.165) is 5.56 Å². The molecule has 2 N–H and O–H groups in total. The third-order valence-electron chi connectivity index (χ3n) is 4.61. The van der Waals surface area contributed by atoms with Gasteiger partial charge in [0.2, 0.25) is 0 Å². The van der Waals surface area contributed by atoms with Crippen molar-refractivity contribution in [3.8, 4) is 6.07 Å². The van der Waals surface area contributed by atoms with E-state index >= 15 is 0 Å². The minimum Gasteiger partial charge on any atom is -0.343 e. The second-order valence-corrected chi connectivity index (χ2v) is 6.84. The molecule has 2 aromatic carbocycles. The Morgan fingerprint density at radius 2 is 1.93 bits per heavy atom. The first-order valence-corrected chi connectivity index (χ1v) is 9.03. The van der Waals surface area contributed by atoms with Crippen molar-refractivity contribution in [2.75, 3.05) is 10.6 Å². The molecule has 2 heterocycles. The molecule has 0 spiro atoms. The van der Waals surface area contributed by atoms with E-state index in [9.17, 15) is 10.1 Å². The number of nitriles is 1. The van der Waals surface area contributed by atoms with Crippen molar-refractivity contribution in [2.24, 2.45) is 0 Å². The largest absolute Gasteiger partial charge is 0.343 e. The van der Waals surface area contributed by atoms with E-state index in [1.54, 1.807) is 28.9 Å². The Kier molecular flexibility index (Phi) is 4.60. The van der Waals surface area contributed by atoms with Gasteiger partial charge in [0, 0.05) is 16.4 Å². The van der Waals surface area contributed by atoms with Crippen LogP contribution in [0.5, 0.6) is 0 Å². The van der Waals surface area contributed by atoms with Gasteiger partial charge in [0.05, 0.1) is 11.8 Å². The topological polar surface area (TPSA) is 82.7 Å². The molecular formula is C21H16ClN5O. The van der Waals surface area contributed by atoms with E-state index in [1.807, 2.05) is 37.3 Å². The summed E-state index contributed by atoms with van der Waals surface area (Å²) in [6.45, 7) is 1.82. The maximum absolute atomic E-state index is 13.2. The molecule has 1 amide bonds. The number of hydrogen-bond acceptors (Lipinski definition) is 4. The van der Waals surface area contributed by atoms with Crippen LogP contribution >= 0.6 is 11.6 Å². The number of carbonyl (C=O) groups excluding carboxylic acids is 1. The summed E-state index contributed by atoms with van der Waals surface area (Å²) in [5, 5.41) is 20.4. The van der Waals surface area contributed by atoms with Crippen LogP contribution < -0.4 is 10.6 Å². The fraction of sp³-hybridized carbons (Fsp3) is 0.0952. The molecule has 0 fully saturated rings. The molecule has 1 aromatic heterocycles. The zero-order chi connectivity index (χ0) is 19.7. The number of halogens is 1. The quantitative estimate of drug-likeness (QED) is 0.698. The summed E-state index contributed by atoms with van der Waals surface area (Å²) in [5.41, 5.74) is 3.17. The van der Waals surface area contributed by atoms with Crippen LogP contribution in [0.3, 0.4) is 0 Å². The summed E-state index contributed by atoms with van der Waals surface area (Å²) in [6.07, 6.45) is 1.51. The highest BCUT2D eigenvalue weighted by Crippen LogP contribution is 2.37. The van der Waals surface area contributed by atoms with Gasteiger partial charge in [0.25, 0.3) is 5.91 Å². The summed E-state index contributed by atoms with van der Waals surface area (Å²) in [6, 6.07) is 18.2. The average molecular weight is 390 g/mol. The summed E-state index contributed by atoms with van der Waals surface area (Å²) in [4.78, 5) is 13.2. The number of fused-ring (bicyclic) bond motifs is 1. The first-order valence-electron chi connectivity index (χ1n) is 8.65. The van der Waals surface area contributed by atoms with Gasteiger partial charge in [-0.25, -0.2) is 4.68 Å². The van der Waals surface area contributed by atoms with E-state index in [0.29, 0.717) is 33.4 Å². The smallest absolute Gasteiger partial charge is 0.255 e. The Bertz CT molecular complexity index is 1110. The van der Waals surface area contributed by atoms with Crippen molar-refractivity contribution < 1.29 is 4.79 Å². The van der Waals surface area contributed by atoms with Crippen molar-refractivity contribution >= 4 is 29.0 Å². The molecule has 4 rings (SSSR count). The molecule has 0 saturated heterocycles. The number of allylic oxidation sites excluding steroid dienone is 1. The lowest BCUT2D eigenvalue weighted by Crippen LogP contribution is -2.31. The number of rotatable bonds is 3. The molecule has 7 heteroatoms. The minimum atomic E-state index is -0.452. The number of amides is 1. The van der Waals surface area contributed by atoms with Crippen molar-refractivity contribution in [2.45, 2.75) is 13.0 Å². The number of carbonyl (C=O) groups is 1. The Hall–Kier alpha value is -3.56. The van der Waals surface area contributed by atoms with Gasteiger partial charge in [-0.2, -0.15) is 10.4 Å². The third kappa shape index (κ3) is 3.13. The summed E-state index contributed by atoms with van der Waals surface area (Å²) in [7, 11) is 0. The highest BCUT2D eigenvalue weighted by Gasteiger charge is 2.34. The van der Waals surface area contributed by atoms with Crippen LogP contribution in [0.2, 0.25) is 5.02 Å². The monoisotopic (exact) mass is 389 g/mol. The average Bonchev–Trinajstić information content (AvgIpc) is 3.11. The molecule has 6 nitrogen and oxygen atoms in total. The van der Waals surface area contributed by atoms with Gasteiger partial charge in [0.15, 0.2) is 0 Å². The van der Waals surface area contributed by atoms with Gasteiger partial charge < -0.3 is 10.6 Å². The van der Waals surface area contributed by atoms with Crippen molar-refractivity contribution in [3.05, 3.63) is 88.2 Å². The van der Waals surface area contributed by atoms with Crippen LogP contribution in [-0.4, -0.2) is 15.7 Å². The Balaban J connectivity index is 1.78. The molecule has 1 aliphatic heterocycles. The molecule has 1 atom stereocenters. The Morgan fingerprint density at radius 1 is 1.21 bits per heavy atom. The second kappa shape index (κ2) is 7.22. The van der Waals surface area contributed by atoms with Crippen LogP contribution in [0.4, 0.5) is 11.5 Å². The molecule has 3 aromatic rings. The number of anilines is 2. The third-order valence-corrected chi connectivity index (χ3v) is 4.86. The van der Waals surface area contributed by atoms with Gasteiger partial charge in [-0.05, 0) is 36.8 Å². The maximum Gasteiger partial charge on any atom is 0.255 e. The highest BCUT2D eigenvalue weighted by atomic mass is 35.5. The summed E-state index contributed by atoms with van der Waals surface area (Å²) >= 11 is 5.93. The Labute approximate surface area is 167 Å². The molecule has 28 heavy (non-hydrogen) atoms. The van der Waals surface area contributed by atoms with Crippen LogP contribution in [0.15, 0.2) is 72.1 Å². The lowest BCUT2D eigenvalue weighted by molar-refractivity contribution is -0.113. The van der Waals surface area contributed by atoms with Gasteiger partial charge in [-0.3, -0.25) is 4.79 Å². The number of hydrogen-bond donors (Lipinski definition) is 2. The van der Waals surface area contributed by atoms with Gasteiger partial charge >= 0.3 is 0 Å². The van der Waals surface area contributed by atoms with E-state index in [-0.39, 0.29) is 5.91 Å². The molecule has 0 unspecified atom stereocenters. The van der Waals surface area contributed by atoms with E-state index in [2.05, 4.69) is 21.8 Å². The molecular weight excluding hydrogens is 374 g/mol. The van der Waals surface area contributed by atoms with Gasteiger partial charge in [0.1, 0.15) is 23.5 Å². The fourth-order valence-electron chi connectivity index (χ4n) is 3.31. The molecule has 1 aliphatic rings. The molecule has 0 bridgehead atoms. The predicted molar refractivity (Wildman–Crippen MR) is 108 cm³/mol. The first-order chi connectivity index (χ1) is 13.6. The SMILES string of the molecule is CC1=C(C(=O)Nc2ccc(Cl)cc2)[C@H](c2ccccc2)n2ncc(C#N)c2N1. The normalized spacial score (nSPS) is 15.4. The molecule has 0 aliphatic carbocycles. The lowest BCUT2D eigenvalue weighted by Gasteiger charge is -2.30. The van der Waals surface area contributed by atoms with Crippen molar-refractivity contribution in [1.82, 2.24) is 9.78 Å². The second-order valence-electron chi connectivity index (χ2n) is 6.40. The van der Waals surface area contributed by atoms with Crippen LogP contribution in [0.25, 0.3) is 0 Å². The zero-order valence-corrected chi connectivity index (χ0v) is 15.7. The standard InChI is InChI=1S/C21H16ClN5O/c1-13-18(21(28)26-17-9-7-16(22)8-10-17)19(14-5-3-2-4-6-14)27-20(25-13)15(11-23)12-24-27/h2-10,12,19,25H,1H3,(H,26,28)/t19-/m0/s1. The molecule has 138 valence electrons. The Morgan fingerprint density at radius 3 is 2.61 bits per heavy atom. The van der Waals surface area contributed by atoms with Crippen LogP contribution in [0, 0.1) is 11.3 Å². The highest BCUT2D eigenvalue weighted by molar-refractivity contribution is 6.30. The van der Waals surface area contributed by atoms with Crippen LogP contribution in [-0.2, 0) is 4.79 Å². The lowest BCUT2D eigenvalue weighted by atomic mass is 9.94. The molecule has 0 radical (unpaired) electrons. The van der Waals surface area contributed by atoms with E-state index in [1.165, 1.54) is 6.20 Å². The van der Waals surface area contributed by atoms with E-state index in [4.69, 9.17) is 11.6 Å². The first kappa shape index (κ1) is 17.8. The number of benzene rings is 2. The van der Waals surface area contributed by atoms with E-state index < -0.39 is 6.04 Å². The number of aromatic nitrogens is 2. The summed E-state index contributed by atoms with van der Waals surface area (Å²) < 4.78 is 1.68. The number of nitrogens with one attached hydrogen (secondary N) is 2. The zero-order valence-electron chi connectivity index (χ0n) is 15.0. The number of nitrogens with zero attached hydrogens (tertiary/aromatic N) is 3. The van der Waals surface area contributed by atoms with Gasteiger partial charge in [-0.1, -0.05) is 41.9 Å². The predicted octanol–water partition coefficient (Wildman–Crippen LogP) is 4.34. The molecule has 0 saturated carbocycles. The van der Waals surface area contributed by atoms with Crippen LogP contribution in [0.1, 0.15) is 24.1 Å². The summed E-state index contributed by atoms with van der Waals surface area (Å²) in [5.74, 6) is 0.331. The fourth-order valence-corrected chi connectivity index (χ4v) is 3.43. The maximum atomic E-state index is 13.2. The van der Waals surface area contributed by atoms with Gasteiger partial charge in [-0.15, -0.1) is 0 Å². The van der Waals surface area contributed by atoms with Crippen molar-refractivity contribution in [3.63, 3.8) is 0 Å². The minimum absolute atomic E-state index is 0.249.